The van der Waals surface area contributed by atoms with Crippen molar-refractivity contribution in [2.24, 2.45) is 4.99 Å². The summed E-state index contributed by atoms with van der Waals surface area (Å²) < 4.78 is 4.38. The van der Waals surface area contributed by atoms with E-state index in [1.54, 1.807) is 0 Å². The molecule has 2 heterocycles. The number of nitrogens with zero attached hydrogens (tertiary/aromatic N) is 3. The third-order valence-corrected chi connectivity index (χ3v) is 6.03. The molecule has 3 heteroatoms. The highest BCUT2D eigenvalue weighted by molar-refractivity contribution is 6.14. The fourth-order valence-corrected chi connectivity index (χ4v) is 4.76. The minimum atomic E-state index is 0.705. The largest absolute Gasteiger partial charge is 0.297 e. The molecule has 0 aliphatic heterocycles. The fourth-order valence-electron chi connectivity index (χ4n) is 4.76. The number of fused-ring (bicyclic) bond motifs is 6. The monoisotopic (exact) mass is 399 g/mol. The van der Waals surface area contributed by atoms with Crippen LogP contribution in [0.4, 0.5) is 0 Å². The van der Waals surface area contributed by atoms with Crippen molar-refractivity contribution >= 4 is 55.3 Å². The third kappa shape index (κ3) is 2.57. The highest BCUT2D eigenvalue weighted by atomic mass is 15.2. The van der Waals surface area contributed by atoms with E-state index in [2.05, 4.69) is 120 Å². The maximum Gasteiger partial charge on any atom is 0.132 e. The first-order chi connectivity index (χ1) is 15.2. The van der Waals surface area contributed by atoms with Gasteiger partial charge in [0.1, 0.15) is 11.7 Å². The maximum absolute atomic E-state index is 5.01. The highest BCUT2D eigenvalue weighted by Crippen LogP contribution is 2.32. The van der Waals surface area contributed by atoms with Crippen LogP contribution in [0.25, 0.3) is 49.4 Å². The zero-order valence-electron chi connectivity index (χ0n) is 17.3. The van der Waals surface area contributed by atoms with Crippen molar-refractivity contribution in [3.63, 3.8) is 0 Å². The second-order valence-corrected chi connectivity index (χ2v) is 7.81. The molecular formula is C28H21N3. The van der Waals surface area contributed by atoms with Gasteiger partial charge in [-0.2, -0.15) is 0 Å². The molecule has 0 fully saturated rings. The van der Waals surface area contributed by atoms with Crippen molar-refractivity contribution in [1.82, 2.24) is 9.13 Å². The van der Waals surface area contributed by atoms with Crippen LogP contribution in [0.3, 0.4) is 0 Å². The molecule has 0 amide bonds. The topological polar surface area (TPSA) is 22.2 Å². The second-order valence-electron chi connectivity index (χ2n) is 7.81. The van der Waals surface area contributed by atoms with E-state index in [1.807, 2.05) is 0 Å². The smallest absolute Gasteiger partial charge is 0.132 e. The summed E-state index contributed by atoms with van der Waals surface area (Å²) in [6.07, 6.45) is 0. The molecule has 0 spiro atoms. The molecule has 148 valence electrons. The van der Waals surface area contributed by atoms with Crippen LogP contribution in [-0.2, 0) is 0 Å². The first-order valence-corrected chi connectivity index (χ1v) is 10.5. The summed E-state index contributed by atoms with van der Waals surface area (Å²) in [7, 11) is 0. The van der Waals surface area contributed by atoms with Crippen LogP contribution in [0.5, 0.6) is 0 Å². The Morgan fingerprint density at radius 3 is 1.26 bits per heavy atom. The van der Waals surface area contributed by atoms with Gasteiger partial charge in [-0.15, -0.1) is 0 Å². The van der Waals surface area contributed by atoms with Gasteiger partial charge in [0.2, 0.25) is 0 Å². The molecule has 0 aliphatic rings. The van der Waals surface area contributed by atoms with Gasteiger partial charge in [-0.3, -0.25) is 9.13 Å². The van der Waals surface area contributed by atoms with Crippen LogP contribution in [0, 0.1) is 0 Å². The van der Waals surface area contributed by atoms with Crippen LogP contribution >= 0.6 is 0 Å². The van der Waals surface area contributed by atoms with E-state index in [9.17, 15) is 0 Å². The Morgan fingerprint density at radius 1 is 0.548 bits per heavy atom. The molecule has 31 heavy (non-hydrogen) atoms. The lowest BCUT2D eigenvalue weighted by Crippen LogP contribution is -2.08. The predicted molar refractivity (Wildman–Crippen MR) is 133 cm³/mol. The zero-order chi connectivity index (χ0) is 20.9. The van der Waals surface area contributed by atoms with Crippen LogP contribution in [-0.4, -0.2) is 15.0 Å². The SMILES string of the molecule is C=C(/N=C(\C)n1c2ccccc2c2ccccc21)n1c2ccccc2c2ccccc21. The summed E-state index contributed by atoms with van der Waals surface area (Å²) in [6.45, 7) is 6.42. The third-order valence-electron chi connectivity index (χ3n) is 6.03. The Balaban J connectivity index is 1.59. The van der Waals surface area contributed by atoms with E-state index in [0.717, 1.165) is 27.9 Å². The predicted octanol–water partition coefficient (Wildman–Crippen LogP) is 7.30. The molecule has 6 rings (SSSR count). The second kappa shape index (κ2) is 6.71. The number of rotatable bonds is 2. The van der Waals surface area contributed by atoms with Crippen molar-refractivity contribution in [2.75, 3.05) is 0 Å². The standard InChI is InChI=1S/C28H21N3/c1-19(30-25-15-7-3-11-21(25)22-12-4-8-16-26(22)30)29-20(2)31-27-17-9-5-13-23(27)24-14-6-10-18-28(24)31/h3-18H,1H2,2H3/b29-20+. The number of para-hydroxylation sites is 4. The molecule has 4 aromatic carbocycles. The maximum atomic E-state index is 5.01. The van der Waals surface area contributed by atoms with E-state index < -0.39 is 0 Å². The van der Waals surface area contributed by atoms with Crippen molar-refractivity contribution < 1.29 is 0 Å². The Labute approximate surface area is 180 Å². The molecule has 0 saturated carbocycles. The van der Waals surface area contributed by atoms with E-state index >= 15 is 0 Å². The molecule has 0 aliphatic carbocycles. The average molecular weight is 399 g/mol. The molecule has 3 nitrogen and oxygen atoms in total. The lowest BCUT2D eigenvalue weighted by atomic mass is 10.2. The lowest BCUT2D eigenvalue weighted by molar-refractivity contribution is 1.15. The van der Waals surface area contributed by atoms with Crippen molar-refractivity contribution in [1.29, 1.82) is 0 Å². The van der Waals surface area contributed by atoms with Gasteiger partial charge in [-0.25, -0.2) is 4.99 Å². The van der Waals surface area contributed by atoms with Crippen molar-refractivity contribution in [2.45, 2.75) is 6.92 Å². The number of aliphatic imine (C=N–C) groups is 1. The lowest BCUT2D eigenvalue weighted by Gasteiger charge is -2.11. The Bertz CT molecular complexity index is 1550. The summed E-state index contributed by atoms with van der Waals surface area (Å²) in [5.74, 6) is 1.60. The molecule has 0 unspecified atom stereocenters. The van der Waals surface area contributed by atoms with Gasteiger partial charge in [-0.05, 0) is 31.2 Å². The van der Waals surface area contributed by atoms with Gasteiger partial charge in [0.15, 0.2) is 0 Å². The van der Waals surface area contributed by atoms with E-state index in [1.165, 1.54) is 21.5 Å². The van der Waals surface area contributed by atoms with Gasteiger partial charge < -0.3 is 0 Å². The normalized spacial score (nSPS) is 12.4. The average Bonchev–Trinajstić information content (AvgIpc) is 3.32. The van der Waals surface area contributed by atoms with Gasteiger partial charge >= 0.3 is 0 Å². The van der Waals surface area contributed by atoms with Crippen molar-refractivity contribution in [3.8, 4) is 0 Å². The highest BCUT2D eigenvalue weighted by Gasteiger charge is 2.14. The summed E-state index contributed by atoms with van der Waals surface area (Å²) in [6, 6.07) is 33.8. The summed E-state index contributed by atoms with van der Waals surface area (Å²) >= 11 is 0. The number of aromatic nitrogens is 2. The number of benzene rings is 4. The fraction of sp³-hybridized carbons (Fsp3) is 0.0357. The molecular weight excluding hydrogens is 378 g/mol. The quantitative estimate of drug-likeness (QED) is 0.215. The Kier molecular flexibility index (Phi) is 3.84. The first-order valence-electron chi connectivity index (χ1n) is 10.5. The molecule has 0 atom stereocenters. The number of hydrogen-bond acceptors (Lipinski definition) is 1. The van der Waals surface area contributed by atoms with Gasteiger partial charge in [0.05, 0.1) is 22.1 Å². The van der Waals surface area contributed by atoms with Gasteiger partial charge in [0.25, 0.3) is 0 Å². The molecule has 0 saturated heterocycles. The summed E-state index contributed by atoms with van der Waals surface area (Å²) in [5.41, 5.74) is 4.54. The van der Waals surface area contributed by atoms with E-state index in [4.69, 9.17) is 4.99 Å². The van der Waals surface area contributed by atoms with Gasteiger partial charge in [0, 0.05) is 21.5 Å². The first kappa shape index (κ1) is 17.7. The number of hydrogen-bond donors (Lipinski definition) is 0. The zero-order valence-corrected chi connectivity index (χ0v) is 17.3. The minimum Gasteiger partial charge on any atom is -0.297 e. The Hall–Kier alpha value is -4.11. The van der Waals surface area contributed by atoms with Crippen molar-refractivity contribution in [3.05, 3.63) is 104 Å². The Morgan fingerprint density at radius 2 is 0.871 bits per heavy atom. The molecule has 0 N–H and O–H groups in total. The summed E-state index contributed by atoms with van der Waals surface area (Å²) in [5, 5.41) is 4.89. The van der Waals surface area contributed by atoms with Gasteiger partial charge in [-0.1, -0.05) is 79.4 Å². The summed E-state index contributed by atoms with van der Waals surface area (Å²) in [4.78, 5) is 5.01. The van der Waals surface area contributed by atoms with Crippen LogP contribution in [0.1, 0.15) is 6.92 Å². The van der Waals surface area contributed by atoms with Crippen LogP contribution < -0.4 is 0 Å². The molecule has 0 bridgehead atoms. The van der Waals surface area contributed by atoms with Crippen LogP contribution in [0.15, 0.2) is 109 Å². The molecule has 6 aromatic rings. The van der Waals surface area contributed by atoms with E-state index in [0.29, 0.717) is 5.82 Å². The minimum absolute atomic E-state index is 0.705. The van der Waals surface area contributed by atoms with E-state index in [-0.39, 0.29) is 0 Å². The molecule has 2 aromatic heterocycles. The molecule has 0 radical (unpaired) electrons. The van der Waals surface area contributed by atoms with Crippen LogP contribution in [0.2, 0.25) is 0 Å².